The molecule has 1 fully saturated rings. The number of hydrogen-bond donors (Lipinski definition) is 0. The average Bonchev–Trinajstić information content (AvgIpc) is 2.79. The first-order valence-electron chi connectivity index (χ1n) is 8.97. The molecule has 1 unspecified atom stereocenters. The van der Waals surface area contributed by atoms with Gasteiger partial charge in [-0.25, -0.2) is 0 Å². The highest BCUT2D eigenvalue weighted by Crippen LogP contribution is 2.33. The van der Waals surface area contributed by atoms with Crippen molar-refractivity contribution in [3.63, 3.8) is 0 Å². The van der Waals surface area contributed by atoms with Gasteiger partial charge < -0.3 is 9.64 Å². The summed E-state index contributed by atoms with van der Waals surface area (Å²) < 4.78 is 5.67. The van der Waals surface area contributed by atoms with Crippen molar-refractivity contribution in [1.82, 2.24) is 9.80 Å². The minimum Gasteiger partial charge on any atom is -0.491 e. The molecule has 1 atom stereocenters. The molecule has 0 spiro atoms. The number of imide groups is 1. The fraction of sp³-hybridized carbons (Fsp3) is 0.500. The summed E-state index contributed by atoms with van der Waals surface area (Å²) in [5.74, 6) is 0.864. The number of carbonyl (C=O) groups is 2. The largest absolute Gasteiger partial charge is 0.491 e. The Labute approximate surface area is 149 Å². The molecule has 1 aromatic carbocycles. The van der Waals surface area contributed by atoms with Crippen LogP contribution in [0.3, 0.4) is 0 Å². The van der Waals surface area contributed by atoms with Crippen LogP contribution >= 0.6 is 0 Å². The standard InChI is InChI=1S/C20H26N2O3/c1-13(2)25-16-9-7-15(8-10-16)17-18(20(24)21(4)19(17)23)22-11-5-6-14(3)12-22/h7-10,13-14H,5-6,11-12H2,1-4H3. The number of piperidine rings is 1. The Morgan fingerprint density at radius 1 is 1.12 bits per heavy atom. The maximum absolute atomic E-state index is 12.7. The third kappa shape index (κ3) is 3.41. The van der Waals surface area contributed by atoms with Crippen LogP contribution in [0, 0.1) is 5.92 Å². The Kier molecular flexibility index (Phi) is 4.84. The lowest BCUT2D eigenvalue weighted by atomic mass is 9.97. The topological polar surface area (TPSA) is 49.9 Å². The first-order chi connectivity index (χ1) is 11.9. The normalized spacial score (nSPS) is 21.6. The lowest BCUT2D eigenvalue weighted by Crippen LogP contribution is -2.38. The number of nitrogens with zero attached hydrogens (tertiary/aromatic N) is 2. The third-order valence-corrected chi connectivity index (χ3v) is 4.75. The van der Waals surface area contributed by atoms with Gasteiger partial charge in [0.25, 0.3) is 11.8 Å². The first-order valence-corrected chi connectivity index (χ1v) is 8.97. The van der Waals surface area contributed by atoms with Gasteiger partial charge in [-0.15, -0.1) is 0 Å². The molecular weight excluding hydrogens is 316 g/mol. The lowest BCUT2D eigenvalue weighted by Gasteiger charge is -2.33. The molecule has 1 aromatic rings. The van der Waals surface area contributed by atoms with Crippen molar-refractivity contribution < 1.29 is 14.3 Å². The van der Waals surface area contributed by atoms with Crippen molar-refractivity contribution in [3.05, 3.63) is 35.5 Å². The fourth-order valence-electron chi connectivity index (χ4n) is 3.55. The van der Waals surface area contributed by atoms with Gasteiger partial charge in [-0.3, -0.25) is 14.5 Å². The molecule has 2 heterocycles. The van der Waals surface area contributed by atoms with Crippen molar-refractivity contribution in [3.8, 4) is 5.75 Å². The van der Waals surface area contributed by atoms with E-state index < -0.39 is 0 Å². The van der Waals surface area contributed by atoms with Crippen molar-refractivity contribution in [2.24, 2.45) is 5.92 Å². The van der Waals surface area contributed by atoms with Crippen LogP contribution in [0.25, 0.3) is 5.57 Å². The highest BCUT2D eigenvalue weighted by Gasteiger charge is 2.40. The van der Waals surface area contributed by atoms with Crippen LogP contribution < -0.4 is 4.74 Å². The molecule has 5 heteroatoms. The van der Waals surface area contributed by atoms with Crippen molar-refractivity contribution in [2.75, 3.05) is 20.1 Å². The summed E-state index contributed by atoms with van der Waals surface area (Å²) in [5.41, 5.74) is 1.83. The minimum atomic E-state index is -0.226. The molecule has 2 aliphatic rings. The monoisotopic (exact) mass is 342 g/mol. The van der Waals surface area contributed by atoms with Gasteiger partial charge in [-0.1, -0.05) is 19.1 Å². The molecule has 134 valence electrons. The van der Waals surface area contributed by atoms with Crippen LogP contribution in [-0.4, -0.2) is 47.9 Å². The van der Waals surface area contributed by atoms with Crippen molar-refractivity contribution in [2.45, 2.75) is 39.7 Å². The Balaban J connectivity index is 1.99. The highest BCUT2D eigenvalue weighted by molar-refractivity contribution is 6.35. The predicted octanol–water partition coefficient (Wildman–Crippen LogP) is 2.92. The van der Waals surface area contributed by atoms with E-state index in [-0.39, 0.29) is 17.9 Å². The molecule has 1 saturated heterocycles. The number of hydrogen-bond acceptors (Lipinski definition) is 4. The smallest absolute Gasteiger partial charge is 0.277 e. The Morgan fingerprint density at radius 2 is 1.80 bits per heavy atom. The van der Waals surface area contributed by atoms with Crippen LogP contribution in [0.4, 0.5) is 0 Å². The SMILES string of the molecule is CC1CCCN(C2=C(c3ccc(OC(C)C)cc3)C(=O)N(C)C2=O)C1. The summed E-state index contributed by atoms with van der Waals surface area (Å²) in [5, 5.41) is 0. The molecule has 25 heavy (non-hydrogen) atoms. The van der Waals surface area contributed by atoms with Crippen LogP contribution in [0.2, 0.25) is 0 Å². The first kappa shape index (κ1) is 17.5. The van der Waals surface area contributed by atoms with Gasteiger partial charge in [-0.2, -0.15) is 0 Å². The number of ether oxygens (including phenoxy) is 1. The minimum absolute atomic E-state index is 0.0938. The number of rotatable bonds is 4. The molecule has 0 aromatic heterocycles. The maximum Gasteiger partial charge on any atom is 0.277 e. The van der Waals surface area contributed by atoms with Crippen LogP contribution in [0.5, 0.6) is 5.75 Å². The molecular formula is C20H26N2O3. The zero-order valence-electron chi connectivity index (χ0n) is 15.4. The second-order valence-electron chi connectivity index (χ2n) is 7.28. The quantitative estimate of drug-likeness (QED) is 0.790. The van der Waals surface area contributed by atoms with E-state index in [1.807, 2.05) is 38.1 Å². The molecule has 0 radical (unpaired) electrons. The van der Waals surface area contributed by atoms with E-state index in [0.717, 1.165) is 30.8 Å². The number of likely N-dealkylation sites (N-methyl/N-ethyl adjacent to an activating group) is 1. The van der Waals surface area contributed by atoms with E-state index >= 15 is 0 Å². The zero-order valence-corrected chi connectivity index (χ0v) is 15.4. The molecule has 5 nitrogen and oxygen atoms in total. The predicted molar refractivity (Wildman–Crippen MR) is 96.9 cm³/mol. The molecule has 0 N–H and O–H groups in total. The zero-order chi connectivity index (χ0) is 18.1. The van der Waals surface area contributed by atoms with Gasteiger partial charge in [-0.05, 0) is 50.3 Å². The fourth-order valence-corrected chi connectivity index (χ4v) is 3.55. The van der Waals surface area contributed by atoms with Gasteiger partial charge in [0.15, 0.2) is 0 Å². The van der Waals surface area contributed by atoms with Crippen molar-refractivity contribution in [1.29, 1.82) is 0 Å². The Bertz CT molecular complexity index is 706. The second kappa shape index (κ2) is 6.90. The number of carbonyl (C=O) groups excluding carboxylic acids is 2. The van der Waals surface area contributed by atoms with E-state index in [1.54, 1.807) is 7.05 Å². The second-order valence-corrected chi connectivity index (χ2v) is 7.28. The van der Waals surface area contributed by atoms with Crippen molar-refractivity contribution >= 4 is 17.4 Å². The summed E-state index contributed by atoms with van der Waals surface area (Å²) in [6.45, 7) is 7.78. The van der Waals surface area contributed by atoms with Gasteiger partial charge in [0.1, 0.15) is 11.4 Å². The summed E-state index contributed by atoms with van der Waals surface area (Å²) in [4.78, 5) is 28.7. The van der Waals surface area contributed by atoms with E-state index in [1.165, 1.54) is 11.3 Å². The van der Waals surface area contributed by atoms with E-state index in [0.29, 0.717) is 17.2 Å². The summed E-state index contributed by atoms with van der Waals surface area (Å²) in [6.07, 6.45) is 2.30. The van der Waals surface area contributed by atoms with E-state index in [2.05, 4.69) is 11.8 Å². The molecule has 0 aliphatic carbocycles. The molecule has 2 aliphatic heterocycles. The van der Waals surface area contributed by atoms with Gasteiger partial charge in [0.2, 0.25) is 0 Å². The third-order valence-electron chi connectivity index (χ3n) is 4.75. The summed E-state index contributed by atoms with van der Waals surface area (Å²) in [7, 11) is 1.56. The Morgan fingerprint density at radius 3 is 2.40 bits per heavy atom. The lowest BCUT2D eigenvalue weighted by molar-refractivity contribution is -0.136. The molecule has 3 rings (SSSR count). The maximum atomic E-state index is 12.7. The molecule has 0 saturated carbocycles. The van der Waals surface area contributed by atoms with E-state index in [9.17, 15) is 9.59 Å². The number of amides is 2. The van der Waals surface area contributed by atoms with Crippen LogP contribution in [-0.2, 0) is 9.59 Å². The number of likely N-dealkylation sites (tertiary alicyclic amines) is 1. The Hall–Kier alpha value is -2.30. The summed E-state index contributed by atoms with van der Waals surface area (Å²) in [6, 6.07) is 7.44. The van der Waals surface area contributed by atoms with Gasteiger partial charge >= 0.3 is 0 Å². The van der Waals surface area contributed by atoms with Crippen LogP contribution in [0.15, 0.2) is 30.0 Å². The summed E-state index contributed by atoms with van der Waals surface area (Å²) >= 11 is 0. The number of benzene rings is 1. The average molecular weight is 342 g/mol. The van der Waals surface area contributed by atoms with Gasteiger partial charge in [0.05, 0.1) is 11.7 Å². The van der Waals surface area contributed by atoms with Gasteiger partial charge in [0, 0.05) is 20.1 Å². The van der Waals surface area contributed by atoms with E-state index in [4.69, 9.17) is 4.74 Å². The molecule has 2 amide bonds. The van der Waals surface area contributed by atoms with Crippen LogP contribution in [0.1, 0.15) is 39.2 Å². The molecule has 0 bridgehead atoms. The highest BCUT2D eigenvalue weighted by atomic mass is 16.5.